The van der Waals surface area contributed by atoms with Crippen LogP contribution in [0.2, 0.25) is 5.02 Å². The first-order valence-corrected chi connectivity index (χ1v) is 9.08. The van der Waals surface area contributed by atoms with Crippen molar-refractivity contribution in [3.8, 4) is 17.4 Å². The van der Waals surface area contributed by atoms with E-state index >= 15 is 0 Å². The van der Waals surface area contributed by atoms with Gasteiger partial charge in [0, 0.05) is 11.2 Å². The molecule has 2 aromatic carbocycles. The number of hydrogen-bond donors (Lipinski definition) is 2. The second-order valence-electron chi connectivity index (χ2n) is 6.33. The smallest absolute Gasteiger partial charge is 0.331 e. The molecular formula is C20H16ClN3O5. The molecule has 8 nitrogen and oxygen atoms in total. The van der Waals surface area contributed by atoms with Gasteiger partial charge in [-0.3, -0.25) is 19.3 Å². The predicted molar refractivity (Wildman–Crippen MR) is 107 cm³/mol. The highest BCUT2D eigenvalue weighted by atomic mass is 35.5. The van der Waals surface area contributed by atoms with Crippen LogP contribution in [0.15, 0.2) is 57.0 Å². The van der Waals surface area contributed by atoms with Crippen molar-refractivity contribution in [3.05, 3.63) is 85.0 Å². The van der Waals surface area contributed by atoms with Gasteiger partial charge in [0.2, 0.25) is 12.7 Å². The minimum absolute atomic E-state index is 0.00409. The third-order valence-corrected chi connectivity index (χ3v) is 4.79. The van der Waals surface area contributed by atoms with E-state index in [1.54, 1.807) is 36.4 Å². The zero-order valence-electron chi connectivity index (χ0n) is 15.1. The Morgan fingerprint density at radius 1 is 1.17 bits per heavy atom. The summed E-state index contributed by atoms with van der Waals surface area (Å²) in [5.41, 5.74) is -0.109. The fourth-order valence-corrected chi connectivity index (χ4v) is 3.11. The normalized spacial score (nSPS) is 12.6. The second kappa shape index (κ2) is 7.84. The molecule has 29 heavy (non-hydrogen) atoms. The Balaban J connectivity index is 1.60. The molecule has 1 aromatic heterocycles. The molecule has 0 unspecified atom stereocenters. The number of hydrogen-bond acceptors (Lipinski definition) is 6. The summed E-state index contributed by atoms with van der Waals surface area (Å²) in [6, 6.07) is 12.3. The van der Waals surface area contributed by atoms with E-state index in [1.165, 1.54) is 6.21 Å². The maximum Gasteiger partial charge on any atom is 0.331 e. The van der Waals surface area contributed by atoms with Crippen molar-refractivity contribution in [2.24, 2.45) is 4.99 Å². The molecule has 4 rings (SSSR count). The molecule has 9 heteroatoms. The molecule has 1 aliphatic rings. The number of aromatic nitrogens is 2. The average molecular weight is 414 g/mol. The maximum absolute atomic E-state index is 12.2. The van der Waals surface area contributed by atoms with E-state index in [0.29, 0.717) is 22.1 Å². The molecule has 3 aromatic rings. The van der Waals surface area contributed by atoms with Crippen LogP contribution in [0.25, 0.3) is 0 Å². The Bertz CT molecular complexity index is 1220. The van der Waals surface area contributed by atoms with Crippen molar-refractivity contribution in [2.45, 2.75) is 13.1 Å². The molecular weight excluding hydrogens is 398 g/mol. The molecule has 1 aliphatic heterocycles. The molecule has 0 spiro atoms. The summed E-state index contributed by atoms with van der Waals surface area (Å²) in [7, 11) is 0. The van der Waals surface area contributed by atoms with Gasteiger partial charge in [-0.1, -0.05) is 35.9 Å². The third-order valence-electron chi connectivity index (χ3n) is 4.42. The van der Waals surface area contributed by atoms with Gasteiger partial charge < -0.3 is 14.6 Å². The maximum atomic E-state index is 12.2. The lowest BCUT2D eigenvalue weighted by Crippen LogP contribution is -2.32. The predicted octanol–water partition coefficient (Wildman–Crippen LogP) is 2.29. The number of ether oxygens (including phenoxy) is 2. The highest BCUT2D eigenvalue weighted by Crippen LogP contribution is 2.32. The van der Waals surface area contributed by atoms with E-state index in [2.05, 4.69) is 9.98 Å². The van der Waals surface area contributed by atoms with Crippen molar-refractivity contribution in [3.63, 3.8) is 0 Å². The lowest BCUT2D eigenvalue weighted by atomic mass is 10.2. The Kier molecular flexibility index (Phi) is 5.09. The molecule has 0 saturated carbocycles. The summed E-state index contributed by atoms with van der Waals surface area (Å²) < 4.78 is 11.6. The van der Waals surface area contributed by atoms with Crippen molar-refractivity contribution in [1.29, 1.82) is 0 Å². The number of halogens is 1. The monoisotopic (exact) mass is 413 g/mol. The summed E-state index contributed by atoms with van der Waals surface area (Å²) in [6.45, 7) is 0.432. The van der Waals surface area contributed by atoms with Crippen molar-refractivity contribution < 1.29 is 14.6 Å². The van der Waals surface area contributed by atoms with E-state index in [0.717, 1.165) is 10.1 Å². The van der Waals surface area contributed by atoms with Crippen LogP contribution < -0.4 is 20.7 Å². The third kappa shape index (κ3) is 3.88. The first-order chi connectivity index (χ1) is 14.0. The minimum atomic E-state index is -0.736. The highest BCUT2D eigenvalue weighted by molar-refractivity contribution is 6.31. The lowest BCUT2D eigenvalue weighted by molar-refractivity contribution is 0.174. The SMILES string of the molecule is O=c1[nH]c(=O)n(Cc2ccccc2Cl)c(O)c1C=NCc1ccc2c(c1)OCO2. The average Bonchev–Trinajstić information content (AvgIpc) is 3.17. The van der Waals surface area contributed by atoms with Gasteiger partial charge in [-0.2, -0.15) is 0 Å². The Morgan fingerprint density at radius 2 is 1.97 bits per heavy atom. The number of nitrogens with zero attached hydrogens (tertiary/aromatic N) is 2. The molecule has 0 amide bonds. The summed E-state index contributed by atoms with van der Waals surface area (Å²) in [5, 5.41) is 10.9. The van der Waals surface area contributed by atoms with Gasteiger partial charge in [0.15, 0.2) is 11.5 Å². The van der Waals surface area contributed by atoms with Gasteiger partial charge >= 0.3 is 5.69 Å². The van der Waals surface area contributed by atoms with E-state index in [9.17, 15) is 14.7 Å². The Labute approximate surface area is 169 Å². The number of benzene rings is 2. The molecule has 0 aliphatic carbocycles. The first kappa shape index (κ1) is 18.8. The number of aromatic hydroxyl groups is 1. The van der Waals surface area contributed by atoms with Crippen molar-refractivity contribution in [2.75, 3.05) is 6.79 Å². The van der Waals surface area contributed by atoms with Crippen LogP contribution >= 0.6 is 11.6 Å². The second-order valence-corrected chi connectivity index (χ2v) is 6.74. The van der Waals surface area contributed by atoms with Crippen LogP contribution in [0.3, 0.4) is 0 Å². The number of H-pyrrole nitrogens is 1. The van der Waals surface area contributed by atoms with Crippen molar-refractivity contribution >= 4 is 17.8 Å². The molecule has 0 saturated heterocycles. The molecule has 2 heterocycles. The Hall–Kier alpha value is -3.52. The summed E-state index contributed by atoms with van der Waals surface area (Å²) in [5.74, 6) is 0.818. The zero-order chi connectivity index (χ0) is 20.4. The van der Waals surface area contributed by atoms with Crippen LogP contribution in [0, 0.1) is 0 Å². The van der Waals surface area contributed by atoms with Crippen molar-refractivity contribution in [1.82, 2.24) is 9.55 Å². The van der Waals surface area contributed by atoms with E-state index in [-0.39, 0.29) is 25.4 Å². The van der Waals surface area contributed by atoms with Crippen LogP contribution in [-0.2, 0) is 13.1 Å². The van der Waals surface area contributed by atoms with E-state index in [1.807, 2.05) is 6.07 Å². The zero-order valence-corrected chi connectivity index (χ0v) is 15.8. The van der Waals surface area contributed by atoms with Crippen LogP contribution in [0.4, 0.5) is 0 Å². The summed E-state index contributed by atoms with van der Waals surface area (Å²) >= 11 is 6.13. The molecule has 148 valence electrons. The largest absolute Gasteiger partial charge is 0.494 e. The quantitative estimate of drug-likeness (QED) is 0.624. The van der Waals surface area contributed by atoms with Crippen LogP contribution in [0.1, 0.15) is 16.7 Å². The number of rotatable bonds is 5. The van der Waals surface area contributed by atoms with Gasteiger partial charge in [0.1, 0.15) is 5.56 Å². The van der Waals surface area contributed by atoms with Crippen LogP contribution in [0.5, 0.6) is 17.4 Å². The lowest BCUT2D eigenvalue weighted by Gasteiger charge is -2.10. The fourth-order valence-electron chi connectivity index (χ4n) is 2.92. The molecule has 0 fully saturated rings. The first-order valence-electron chi connectivity index (χ1n) is 8.71. The van der Waals surface area contributed by atoms with E-state index < -0.39 is 17.1 Å². The Morgan fingerprint density at radius 3 is 2.79 bits per heavy atom. The molecule has 0 radical (unpaired) electrons. The number of aliphatic imine (C=N–C) groups is 1. The van der Waals surface area contributed by atoms with Gasteiger partial charge in [0.05, 0.1) is 13.1 Å². The fraction of sp³-hybridized carbons (Fsp3) is 0.150. The van der Waals surface area contributed by atoms with Gasteiger partial charge in [0.25, 0.3) is 5.56 Å². The molecule has 2 N–H and O–H groups in total. The van der Waals surface area contributed by atoms with E-state index in [4.69, 9.17) is 21.1 Å². The summed E-state index contributed by atoms with van der Waals surface area (Å²) in [4.78, 5) is 30.7. The molecule has 0 atom stereocenters. The van der Waals surface area contributed by atoms with Gasteiger partial charge in [-0.05, 0) is 29.3 Å². The standard InChI is InChI=1S/C20H16ClN3O5/c21-15-4-2-1-3-13(15)10-24-19(26)14(18(25)23-20(24)27)9-22-8-12-5-6-16-17(7-12)29-11-28-16/h1-7,9,26H,8,10-11H2,(H,23,25,27). The minimum Gasteiger partial charge on any atom is -0.494 e. The topological polar surface area (TPSA) is 106 Å². The molecule has 0 bridgehead atoms. The van der Waals surface area contributed by atoms with Gasteiger partial charge in [-0.15, -0.1) is 0 Å². The summed E-state index contributed by atoms with van der Waals surface area (Å²) in [6.07, 6.45) is 1.24. The number of nitrogens with one attached hydrogen (secondary N) is 1. The number of fused-ring (bicyclic) bond motifs is 1. The van der Waals surface area contributed by atoms with Gasteiger partial charge in [-0.25, -0.2) is 4.79 Å². The highest BCUT2D eigenvalue weighted by Gasteiger charge is 2.15. The van der Waals surface area contributed by atoms with Crippen LogP contribution in [-0.4, -0.2) is 27.7 Å². The number of aromatic amines is 1.